The average Bonchev–Trinajstić information content (AvgIpc) is 2.07. The summed E-state index contributed by atoms with van der Waals surface area (Å²) in [6, 6.07) is 0. The third-order valence-corrected chi connectivity index (χ3v) is 1.15. The fourth-order valence-corrected chi connectivity index (χ4v) is 0.674. The summed E-state index contributed by atoms with van der Waals surface area (Å²) in [6.07, 6.45) is 0. The fraction of sp³-hybridized carbons (Fsp3) is 0. The average molecular weight is 156 g/mol. The van der Waals surface area contributed by atoms with E-state index in [1.807, 2.05) is 0 Å². The zero-order chi connectivity index (χ0) is 8.59. The number of carbonyl (C=O) groups excluding carboxylic acids is 3. The zero-order valence-corrected chi connectivity index (χ0v) is 5.25. The molecule has 0 radical (unpaired) electrons. The minimum Gasteiger partial charge on any atom is -0.502 e. The number of nitrogens with one attached hydrogen (secondary N) is 1. The van der Waals surface area contributed by atoms with E-state index in [1.54, 1.807) is 5.32 Å². The highest BCUT2D eigenvalue weighted by Gasteiger charge is 2.33. The van der Waals surface area contributed by atoms with Crippen LogP contribution in [0.3, 0.4) is 0 Å². The first-order chi connectivity index (χ1) is 5.04. The smallest absolute Gasteiger partial charge is 0.294 e. The number of nitrogens with two attached hydrogens (primary N) is 1. The summed E-state index contributed by atoms with van der Waals surface area (Å²) in [5.41, 5.74) is 3.99. The molecular weight excluding hydrogens is 152 g/mol. The monoisotopic (exact) mass is 156 g/mol. The lowest BCUT2D eigenvalue weighted by atomic mass is 10.2. The molecule has 1 aliphatic heterocycles. The Labute approximate surface area is 60.7 Å². The van der Waals surface area contributed by atoms with Crippen LogP contribution in [0.15, 0.2) is 11.3 Å². The van der Waals surface area contributed by atoms with Crippen LogP contribution in [0.25, 0.3) is 0 Å². The van der Waals surface area contributed by atoms with Gasteiger partial charge in [0.1, 0.15) is 0 Å². The van der Waals surface area contributed by atoms with E-state index in [0.717, 1.165) is 0 Å². The topological polar surface area (TPSA) is 109 Å². The predicted octanol–water partition coefficient (Wildman–Crippen LogP) is -2.06. The molecule has 0 saturated heterocycles. The van der Waals surface area contributed by atoms with Crippen LogP contribution in [0.2, 0.25) is 0 Å². The Morgan fingerprint density at radius 3 is 2.09 bits per heavy atom. The Bertz CT molecular complexity index is 291. The number of hydrogen-bond donors (Lipinski definition) is 3. The number of hydrogen-bond acceptors (Lipinski definition) is 4. The fourth-order valence-electron chi connectivity index (χ4n) is 0.674. The first-order valence-electron chi connectivity index (χ1n) is 2.62. The molecule has 0 aliphatic carbocycles. The number of imide groups is 1. The van der Waals surface area contributed by atoms with Gasteiger partial charge in [0.15, 0.2) is 11.3 Å². The van der Waals surface area contributed by atoms with Crippen LogP contribution >= 0.6 is 0 Å². The lowest BCUT2D eigenvalue weighted by Crippen LogP contribution is -2.27. The van der Waals surface area contributed by atoms with Crippen LogP contribution in [0.4, 0.5) is 0 Å². The first-order valence-corrected chi connectivity index (χ1v) is 2.62. The quantitative estimate of drug-likeness (QED) is 0.299. The lowest BCUT2D eigenvalue weighted by Gasteiger charge is -1.88. The number of primary amides is 1. The summed E-state index contributed by atoms with van der Waals surface area (Å²) in [5.74, 6) is -3.99. The van der Waals surface area contributed by atoms with E-state index in [0.29, 0.717) is 0 Å². The number of carbonyl (C=O) groups is 3. The molecule has 1 aliphatic rings. The van der Waals surface area contributed by atoms with Crippen molar-refractivity contribution in [3.63, 3.8) is 0 Å². The number of aliphatic hydroxyl groups is 1. The van der Waals surface area contributed by atoms with Crippen molar-refractivity contribution in [3.8, 4) is 0 Å². The molecule has 58 valence electrons. The summed E-state index contributed by atoms with van der Waals surface area (Å²) in [6.45, 7) is 0. The van der Waals surface area contributed by atoms with Crippen LogP contribution < -0.4 is 11.1 Å². The van der Waals surface area contributed by atoms with Crippen molar-refractivity contribution >= 4 is 17.7 Å². The van der Waals surface area contributed by atoms with E-state index in [-0.39, 0.29) is 0 Å². The van der Waals surface area contributed by atoms with Crippen molar-refractivity contribution in [1.82, 2.24) is 5.32 Å². The van der Waals surface area contributed by atoms with Crippen LogP contribution in [0, 0.1) is 0 Å². The third kappa shape index (κ3) is 0.936. The SMILES string of the molecule is NC(=O)C1=C(O)C(=O)NC1=O. The van der Waals surface area contributed by atoms with Crippen LogP contribution in [-0.2, 0) is 14.4 Å². The van der Waals surface area contributed by atoms with Gasteiger partial charge in [0.2, 0.25) is 0 Å². The van der Waals surface area contributed by atoms with Crippen LogP contribution in [0.1, 0.15) is 0 Å². The van der Waals surface area contributed by atoms with Gasteiger partial charge >= 0.3 is 0 Å². The highest BCUT2D eigenvalue weighted by molar-refractivity contribution is 6.30. The maximum atomic E-state index is 10.6. The molecule has 0 saturated carbocycles. The van der Waals surface area contributed by atoms with Crippen LogP contribution in [-0.4, -0.2) is 22.8 Å². The summed E-state index contributed by atoms with van der Waals surface area (Å²) >= 11 is 0. The van der Waals surface area contributed by atoms with Crippen molar-refractivity contribution in [1.29, 1.82) is 0 Å². The first kappa shape index (κ1) is 7.26. The van der Waals surface area contributed by atoms with E-state index in [4.69, 9.17) is 5.11 Å². The molecule has 0 fully saturated rings. The molecule has 6 heteroatoms. The zero-order valence-electron chi connectivity index (χ0n) is 5.25. The van der Waals surface area contributed by atoms with E-state index in [9.17, 15) is 14.4 Å². The molecule has 0 unspecified atom stereocenters. The molecule has 11 heavy (non-hydrogen) atoms. The molecular formula is C5H4N2O4. The van der Waals surface area contributed by atoms with Gasteiger partial charge in [-0.2, -0.15) is 0 Å². The number of amides is 3. The van der Waals surface area contributed by atoms with Gasteiger partial charge in [0.05, 0.1) is 0 Å². The maximum absolute atomic E-state index is 10.6. The van der Waals surface area contributed by atoms with E-state index in [2.05, 4.69) is 5.73 Å². The maximum Gasteiger partial charge on any atom is 0.294 e. The highest BCUT2D eigenvalue weighted by Crippen LogP contribution is 2.07. The summed E-state index contributed by atoms with van der Waals surface area (Å²) < 4.78 is 0. The van der Waals surface area contributed by atoms with Gasteiger partial charge in [-0.1, -0.05) is 0 Å². The van der Waals surface area contributed by atoms with Crippen molar-refractivity contribution in [2.24, 2.45) is 5.73 Å². The van der Waals surface area contributed by atoms with Gasteiger partial charge < -0.3 is 10.8 Å². The Hall–Kier alpha value is -1.85. The molecule has 0 aromatic rings. The molecule has 0 aromatic heterocycles. The second-order valence-electron chi connectivity index (χ2n) is 1.87. The van der Waals surface area contributed by atoms with E-state index < -0.39 is 29.1 Å². The second kappa shape index (κ2) is 2.08. The predicted molar refractivity (Wildman–Crippen MR) is 32.0 cm³/mol. The Balaban J connectivity index is 3.17. The van der Waals surface area contributed by atoms with Gasteiger partial charge in [-0.15, -0.1) is 0 Å². The third-order valence-electron chi connectivity index (χ3n) is 1.15. The van der Waals surface area contributed by atoms with Crippen molar-refractivity contribution in [2.45, 2.75) is 0 Å². The van der Waals surface area contributed by atoms with Crippen LogP contribution in [0.5, 0.6) is 0 Å². The van der Waals surface area contributed by atoms with Gasteiger partial charge in [0, 0.05) is 0 Å². The molecule has 0 bridgehead atoms. The molecule has 1 rings (SSSR count). The molecule has 4 N–H and O–H groups in total. The Morgan fingerprint density at radius 2 is 1.91 bits per heavy atom. The molecule has 0 atom stereocenters. The highest BCUT2D eigenvalue weighted by atomic mass is 16.3. The molecule has 3 amide bonds. The van der Waals surface area contributed by atoms with Gasteiger partial charge in [-0.3, -0.25) is 19.7 Å². The normalized spacial score (nSPS) is 17.1. The molecule has 0 aromatic carbocycles. The van der Waals surface area contributed by atoms with Gasteiger partial charge in [-0.25, -0.2) is 0 Å². The lowest BCUT2D eigenvalue weighted by molar-refractivity contribution is -0.125. The van der Waals surface area contributed by atoms with Crippen molar-refractivity contribution < 1.29 is 19.5 Å². The van der Waals surface area contributed by atoms with E-state index in [1.165, 1.54) is 0 Å². The number of aliphatic hydroxyl groups excluding tert-OH is 1. The second-order valence-corrected chi connectivity index (χ2v) is 1.87. The molecule has 6 nitrogen and oxygen atoms in total. The van der Waals surface area contributed by atoms with Crippen molar-refractivity contribution in [3.05, 3.63) is 11.3 Å². The summed E-state index contributed by atoms with van der Waals surface area (Å²) in [5, 5.41) is 10.4. The summed E-state index contributed by atoms with van der Waals surface area (Å²) in [4.78, 5) is 31.4. The Morgan fingerprint density at radius 1 is 1.36 bits per heavy atom. The largest absolute Gasteiger partial charge is 0.502 e. The minimum absolute atomic E-state index is 0.685. The molecule has 1 heterocycles. The van der Waals surface area contributed by atoms with Gasteiger partial charge in [0.25, 0.3) is 17.7 Å². The van der Waals surface area contributed by atoms with Gasteiger partial charge in [-0.05, 0) is 0 Å². The molecule has 0 spiro atoms. The summed E-state index contributed by atoms with van der Waals surface area (Å²) in [7, 11) is 0. The standard InChI is InChI=1S/C5H4N2O4/c6-3(9)1-2(8)5(11)7-4(1)10/h(H2,6,9)(H2,7,8,10,11). The minimum atomic E-state index is -1.12. The van der Waals surface area contributed by atoms with Crippen molar-refractivity contribution in [2.75, 3.05) is 0 Å². The number of rotatable bonds is 1. The van der Waals surface area contributed by atoms with E-state index >= 15 is 0 Å². The Kier molecular flexibility index (Phi) is 1.37.